The van der Waals surface area contributed by atoms with Gasteiger partial charge in [-0.15, -0.1) is 24.0 Å². The molecule has 0 unspecified atom stereocenters. The molecular formula is C14H29IN4O2. The highest BCUT2D eigenvalue weighted by Gasteiger charge is 2.09. The van der Waals surface area contributed by atoms with Crippen LogP contribution in [-0.4, -0.2) is 77.1 Å². The Morgan fingerprint density at radius 3 is 2.57 bits per heavy atom. The quantitative estimate of drug-likeness (QED) is 0.202. The van der Waals surface area contributed by atoms with Crippen LogP contribution in [0.5, 0.6) is 0 Å². The van der Waals surface area contributed by atoms with Gasteiger partial charge in [-0.1, -0.05) is 12.2 Å². The average molecular weight is 412 g/mol. The molecule has 0 amide bonds. The van der Waals surface area contributed by atoms with Crippen LogP contribution in [0.25, 0.3) is 0 Å². The molecule has 0 aromatic carbocycles. The predicted octanol–water partition coefficient (Wildman–Crippen LogP) is 0.694. The number of ether oxygens (including phenoxy) is 2. The lowest BCUT2D eigenvalue weighted by Crippen LogP contribution is -2.45. The lowest BCUT2D eigenvalue weighted by molar-refractivity contribution is 0.0389. The number of morpholine rings is 1. The van der Waals surface area contributed by atoms with Gasteiger partial charge in [0.25, 0.3) is 0 Å². The number of halogens is 1. The Hall–Kier alpha value is -0.380. The minimum Gasteiger partial charge on any atom is -0.379 e. The lowest BCUT2D eigenvalue weighted by Gasteiger charge is -2.26. The van der Waals surface area contributed by atoms with E-state index >= 15 is 0 Å². The molecule has 0 aromatic heterocycles. The summed E-state index contributed by atoms with van der Waals surface area (Å²) in [5.74, 6) is 0.817. The number of hydrogen-bond donors (Lipinski definition) is 2. The smallest absolute Gasteiger partial charge is 0.191 e. The highest BCUT2D eigenvalue weighted by molar-refractivity contribution is 14.0. The van der Waals surface area contributed by atoms with Gasteiger partial charge >= 0.3 is 0 Å². The molecule has 21 heavy (non-hydrogen) atoms. The van der Waals surface area contributed by atoms with Crippen LogP contribution in [0.1, 0.15) is 6.92 Å². The molecule has 1 fully saturated rings. The van der Waals surface area contributed by atoms with Gasteiger partial charge in [0.2, 0.25) is 0 Å². The molecule has 0 saturated carbocycles. The number of hydrogen-bond acceptors (Lipinski definition) is 4. The molecule has 1 rings (SSSR count). The summed E-state index contributed by atoms with van der Waals surface area (Å²) in [6.45, 7) is 13.4. The molecule has 7 heteroatoms. The maximum absolute atomic E-state index is 5.42. The monoisotopic (exact) mass is 412 g/mol. The van der Waals surface area contributed by atoms with Crippen LogP contribution >= 0.6 is 24.0 Å². The molecule has 1 aliphatic heterocycles. The Morgan fingerprint density at radius 1 is 1.29 bits per heavy atom. The minimum atomic E-state index is 0. The fraction of sp³-hybridized carbons (Fsp3) is 0.786. The summed E-state index contributed by atoms with van der Waals surface area (Å²) in [6, 6.07) is 0. The summed E-state index contributed by atoms with van der Waals surface area (Å²) in [4.78, 5) is 6.57. The topological polar surface area (TPSA) is 58.1 Å². The van der Waals surface area contributed by atoms with Gasteiger partial charge in [0.15, 0.2) is 5.96 Å². The van der Waals surface area contributed by atoms with Crippen molar-refractivity contribution in [2.75, 3.05) is 66.2 Å². The maximum Gasteiger partial charge on any atom is 0.191 e. The summed E-state index contributed by atoms with van der Waals surface area (Å²) in [5, 5.41) is 6.52. The summed E-state index contributed by atoms with van der Waals surface area (Å²) in [6.07, 6.45) is 0. The fourth-order valence-corrected chi connectivity index (χ4v) is 1.87. The number of aliphatic imine (C=N–C) groups is 1. The molecular weight excluding hydrogens is 383 g/mol. The molecule has 0 bridgehead atoms. The Kier molecular flexibility index (Phi) is 13.1. The third-order valence-electron chi connectivity index (χ3n) is 2.94. The number of nitrogens with zero attached hydrogens (tertiary/aromatic N) is 2. The lowest BCUT2D eigenvalue weighted by atomic mass is 10.4. The van der Waals surface area contributed by atoms with Crippen molar-refractivity contribution in [2.45, 2.75) is 6.92 Å². The highest BCUT2D eigenvalue weighted by Crippen LogP contribution is 1.94. The van der Waals surface area contributed by atoms with Gasteiger partial charge in [-0.05, 0) is 6.92 Å². The normalized spacial score (nSPS) is 16.2. The maximum atomic E-state index is 5.42. The van der Waals surface area contributed by atoms with Crippen LogP contribution in [0.2, 0.25) is 0 Å². The molecule has 6 nitrogen and oxygen atoms in total. The van der Waals surface area contributed by atoms with Gasteiger partial charge in [-0.25, -0.2) is 0 Å². The first-order valence-electron chi connectivity index (χ1n) is 7.19. The Bertz CT molecular complexity index is 307. The second kappa shape index (κ2) is 13.3. The van der Waals surface area contributed by atoms with Gasteiger partial charge in [0.05, 0.1) is 26.4 Å². The number of guanidine groups is 1. The predicted molar refractivity (Wildman–Crippen MR) is 97.7 cm³/mol. The largest absolute Gasteiger partial charge is 0.379 e. The van der Waals surface area contributed by atoms with Crippen LogP contribution in [0, 0.1) is 0 Å². The summed E-state index contributed by atoms with van der Waals surface area (Å²) < 4.78 is 10.7. The van der Waals surface area contributed by atoms with E-state index in [-0.39, 0.29) is 24.0 Å². The van der Waals surface area contributed by atoms with Crippen molar-refractivity contribution in [2.24, 2.45) is 4.99 Å². The first-order valence-corrected chi connectivity index (χ1v) is 7.19. The van der Waals surface area contributed by atoms with Crippen LogP contribution < -0.4 is 10.6 Å². The second-order valence-electron chi connectivity index (χ2n) is 4.89. The Labute approximate surface area is 145 Å². The molecule has 0 aromatic rings. The summed E-state index contributed by atoms with van der Waals surface area (Å²) in [5.41, 5.74) is 1.04. The zero-order valence-corrected chi connectivity index (χ0v) is 15.5. The Morgan fingerprint density at radius 2 is 1.95 bits per heavy atom. The zero-order chi connectivity index (χ0) is 14.6. The summed E-state index contributed by atoms with van der Waals surface area (Å²) in [7, 11) is 1.78. The van der Waals surface area contributed by atoms with Crippen LogP contribution in [0.15, 0.2) is 17.1 Å². The fourth-order valence-electron chi connectivity index (χ4n) is 1.87. The number of rotatable bonds is 8. The van der Waals surface area contributed by atoms with Crippen molar-refractivity contribution in [3.63, 3.8) is 0 Å². The SMILES string of the molecule is C=C(C)COCCNC(=NC)NCCN1CCOCC1.I. The standard InChI is InChI=1S/C14H28N4O2.HI/c1-13(2)12-20-9-5-17-14(15-3)16-4-6-18-7-10-19-11-8-18;/h1,4-12H2,2-3H3,(H2,15,16,17);1H. The minimum absolute atomic E-state index is 0. The zero-order valence-electron chi connectivity index (χ0n) is 13.2. The van der Waals surface area contributed by atoms with E-state index in [0.29, 0.717) is 13.2 Å². The molecule has 0 aliphatic carbocycles. The molecule has 0 atom stereocenters. The van der Waals surface area contributed by atoms with Gasteiger partial charge < -0.3 is 20.1 Å². The van der Waals surface area contributed by atoms with E-state index in [0.717, 1.165) is 57.5 Å². The van der Waals surface area contributed by atoms with Gasteiger partial charge in [0, 0.05) is 39.8 Å². The second-order valence-corrected chi connectivity index (χ2v) is 4.89. The molecule has 0 spiro atoms. The van der Waals surface area contributed by atoms with Crippen molar-refractivity contribution >= 4 is 29.9 Å². The number of nitrogens with one attached hydrogen (secondary N) is 2. The van der Waals surface area contributed by atoms with Crippen molar-refractivity contribution in [3.8, 4) is 0 Å². The molecule has 0 radical (unpaired) electrons. The van der Waals surface area contributed by atoms with Gasteiger partial charge in [-0.3, -0.25) is 9.89 Å². The van der Waals surface area contributed by atoms with Gasteiger partial charge in [-0.2, -0.15) is 0 Å². The highest BCUT2D eigenvalue weighted by atomic mass is 127. The van der Waals surface area contributed by atoms with E-state index in [9.17, 15) is 0 Å². The van der Waals surface area contributed by atoms with E-state index in [4.69, 9.17) is 9.47 Å². The van der Waals surface area contributed by atoms with Gasteiger partial charge in [0.1, 0.15) is 0 Å². The molecule has 124 valence electrons. The summed E-state index contributed by atoms with van der Waals surface area (Å²) >= 11 is 0. The first-order chi connectivity index (χ1) is 9.72. The first kappa shape index (κ1) is 20.6. The van der Waals surface area contributed by atoms with E-state index in [1.807, 2.05) is 6.92 Å². The molecule has 1 saturated heterocycles. The van der Waals surface area contributed by atoms with E-state index in [1.165, 1.54) is 0 Å². The van der Waals surface area contributed by atoms with Crippen molar-refractivity contribution in [1.29, 1.82) is 0 Å². The Balaban J connectivity index is 0.00000400. The van der Waals surface area contributed by atoms with Crippen LogP contribution in [0.3, 0.4) is 0 Å². The van der Waals surface area contributed by atoms with Crippen molar-refractivity contribution < 1.29 is 9.47 Å². The average Bonchev–Trinajstić information content (AvgIpc) is 2.46. The van der Waals surface area contributed by atoms with Crippen LogP contribution in [0.4, 0.5) is 0 Å². The molecule has 1 aliphatic rings. The van der Waals surface area contributed by atoms with Crippen molar-refractivity contribution in [1.82, 2.24) is 15.5 Å². The van der Waals surface area contributed by atoms with E-state index in [1.54, 1.807) is 7.05 Å². The van der Waals surface area contributed by atoms with Crippen molar-refractivity contribution in [3.05, 3.63) is 12.2 Å². The third kappa shape index (κ3) is 10.9. The van der Waals surface area contributed by atoms with E-state index in [2.05, 4.69) is 27.1 Å². The van der Waals surface area contributed by atoms with E-state index < -0.39 is 0 Å². The third-order valence-corrected chi connectivity index (χ3v) is 2.94. The van der Waals surface area contributed by atoms with Crippen LogP contribution in [-0.2, 0) is 9.47 Å². The molecule has 2 N–H and O–H groups in total. The molecule has 1 heterocycles.